The Balaban J connectivity index is 1.42. The van der Waals surface area contributed by atoms with E-state index in [0.717, 1.165) is 47.9 Å². The Bertz CT molecular complexity index is 1740. The molecule has 0 amide bonds. The number of nitrogens with two attached hydrogens (primary N) is 1. The lowest BCUT2D eigenvalue weighted by Crippen LogP contribution is -2.43. The molecule has 8 nitrogen and oxygen atoms in total. The van der Waals surface area contributed by atoms with Crippen LogP contribution in [0.2, 0.25) is 5.02 Å². The van der Waals surface area contributed by atoms with Gasteiger partial charge in [-0.2, -0.15) is 5.26 Å². The number of halogens is 2. The predicted octanol–water partition coefficient (Wildman–Crippen LogP) is 6.66. The molecule has 196 valence electrons. The number of ether oxygens (including phenoxy) is 1. The third-order valence-corrected chi connectivity index (χ3v) is 7.82. The van der Waals surface area contributed by atoms with E-state index >= 15 is 4.39 Å². The number of nitrogens with zero attached hydrogens (tertiary/aromatic N) is 6. The van der Waals surface area contributed by atoms with Crippen LogP contribution < -0.4 is 10.5 Å². The molecule has 2 aromatic carbocycles. The topological polar surface area (TPSA) is 116 Å². The lowest BCUT2D eigenvalue weighted by Gasteiger charge is -2.36. The van der Waals surface area contributed by atoms with Gasteiger partial charge in [0.1, 0.15) is 22.9 Å². The van der Waals surface area contributed by atoms with E-state index in [1.165, 1.54) is 6.07 Å². The summed E-state index contributed by atoms with van der Waals surface area (Å²) in [5.41, 5.74) is 9.09. The lowest BCUT2D eigenvalue weighted by molar-refractivity contribution is 0.239. The summed E-state index contributed by atoms with van der Waals surface area (Å²) < 4.78 is 23.3. The molecule has 5 aromatic rings. The van der Waals surface area contributed by atoms with Crippen molar-refractivity contribution in [2.75, 3.05) is 0 Å². The molecule has 0 spiro atoms. The zero-order chi connectivity index (χ0) is 27.1. The number of rotatable bonds is 5. The average Bonchev–Trinajstić information content (AvgIpc) is 3.26. The van der Waals surface area contributed by atoms with Crippen molar-refractivity contribution in [3.8, 4) is 29.0 Å². The van der Waals surface area contributed by atoms with Gasteiger partial charge in [0.2, 0.25) is 0 Å². The van der Waals surface area contributed by atoms with Gasteiger partial charge in [0.25, 0.3) is 0 Å². The number of fused-ring (bicyclic) bond motifs is 3. The third kappa shape index (κ3) is 4.67. The molecular weight excluding hydrogens is 517 g/mol. The molecule has 0 bridgehead atoms. The van der Waals surface area contributed by atoms with E-state index in [1.807, 2.05) is 6.92 Å². The summed E-state index contributed by atoms with van der Waals surface area (Å²) in [6.45, 7) is 1.97. The standard InChI is InChI=1S/C29H25ClFN7O/c1-17-37-26-16-36-25-15-24(31)21(20-4-3-19(13-23(20)30)39-28-34-11-2-12-35-28)14-22(25)27(26)38(17)18-5-7-29(33,8-6-18)9-10-32/h2-4,11-16,18H,5-9,33H2,1H3. The fraction of sp³-hybridized carbons (Fsp3) is 0.276. The quantitative estimate of drug-likeness (QED) is 0.264. The Kier molecular flexibility index (Phi) is 6.37. The molecule has 1 fully saturated rings. The Labute approximate surface area is 229 Å². The van der Waals surface area contributed by atoms with Crippen LogP contribution in [0, 0.1) is 24.1 Å². The van der Waals surface area contributed by atoms with Gasteiger partial charge in [-0.3, -0.25) is 4.98 Å². The van der Waals surface area contributed by atoms with Gasteiger partial charge in [-0.15, -0.1) is 0 Å². The van der Waals surface area contributed by atoms with Crippen molar-refractivity contribution in [1.82, 2.24) is 24.5 Å². The maximum Gasteiger partial charge on any atom is 0.321 e. The molecule has 0 unspecified atom stereocenters. The van der Waals surface area contributed by atoms with Crippen molar-refractivity contribution in [2.24, 2.45) is 5.73 Å². The number of aryl methyl sites for hydroxylation is 1. The molecule has 6 rings (SSSR count). The number of pyridine rings is 1. The molecule has 1 aliphatic rings. The fourth-order valence-corrected chi connectivity index (χ4v) is 5.83. The van der Waals surface area contributed by atoms with Crippen molar-refractivity contribution in [3.63, 3.8) is 0 Å². The normalized spacial score (nSPS) is 19.3. The molecule has 1 saturated carbocycles. The summed E-state index contributed by atoms with van der Waals surface area (Å²) >= 11 is 6.63. The molecule has 0 aliphatic heterocycles. The summed E-state index contributed by atoms with van der Waals surface area (Å²) in [4.78, 5) is 17.4. The highest BCUT2D eigenvalue weighted by molar-refractivity contribution is 6.33. The van der Waals surface area contributed by atoms with Crippen LogP contribution in [-0.2, 0) is 0 Å². The van der Waals surface area contributed by atoms with E-state index in [-0.39, 0.29) is 12.1 Å². The van der Waals surface area contributed by atoms with Crippen LogP contribution in [0.25, 0.3) is 33.1 Å². The van der Waals surface area contributed by atoms with E-state index < -0.39 is 11.4 Å². The minimum atomic E-state index is -0.450. The first kappa shape index (κ1) is 25.2. The maximum atomic E-state index is 15.4. The highest BCUT2D eigenvalue weighted by atomic mass is 35.5. The second kappa shape index (κ2) is 9.88. The first-order chi connectivity index (χ1) is 18.8. The highest BCUT2D eigenvalue weighted by Crippen LogP contribution is 2.41. The van der Waals surface area contributed by atoms with Crippen molar-refractivity contribution in [1.29, 1.82) is 5.26 Å². The zero-order valence-electron chi connectivity index (χ0n) is 21.2. The van der Waals surface area contributed by atoms with Gasteiger partial charge in [-0.1, -0.05) is 11.6 Å². The summed E-state index contributed by atoms with van der Waals surface area (Å²) in [5.74, 6) is 0.877. The Morgan fingerprint density at radius 1 is 1.13 bits per heavy atom. The number of imidazole rings is 1. The van der Waals surface area contributed by atoms with E-state index in [1.54, 1.807) is 48.9 Å². The molecule has 3 aromatic heterocycles. The second-order valence-electron chi connectivity index (χ2n) is 10.1. The number of nitriles is 1. The van der Waals surface area contributed by atoms with Crippen molar-refractivity contribution >= 4 is 33.5 Å². The molecule has 0 radical (unpaired) electrons. The van der Waals surface area contributed by atoms with E-state index in [9.17, 15) is 5.26 Å². The predicted molar refractivity (Wildman–Crippen MR) is 147 cm³/mol. The summed E-state index contributed by atoms with van der Waals surface area (Å²) in [6, 6.07) is 12.6. The van der Waals surface area contributed by atoms with Gasteiger partial charge in [0, 0.05) is 52.6 Å². The van der Waals surface area contributed by atoms with Gasteiger partial charge < -0.3 is 15.0 Å². The number of hydrogen-bond acceptors (Lipinski definition) is 7. The lowest BCUT2D eigenvalue weighted by atomic mass is 9.78. The third-order valence-electron chi connectivity index (χ3n) is 7.51. The molecule has 1 aliphatic carbocycles. The van der Waals surface area contributed by atoms with Gasteiger partial charge in [-0.25, -0.2) is 19.3 Å². The maximum absolute atomic E-state index is 15.4. The monoisotopic (exact) mass is 541 g/mol. The fourth-order valence-electron chi connectivity index (χ4n) is 5.56. The van der Waals surface area contributed by atoms with Crippen molar-refractivity contribution < 1.29 is 9.13 Å². The molecule has 0 saturated heterocycles. The van der Waals surface area contributed by atoms with Gasteiger partial charge in [0.05, 0.1) is 34.7 Å². The average molecular weight is 542 g/mol. The largest absolute Gasteiger partial charge is 0.424 e. The van der Waals surface area contributed by atoms with Gasteiger partial charge in [0.15, 0.2) is 0 Å². The van der Waals surface area contributed by atoms with Crippen molar-refractivity contribution in [3.05, 3.63) is 71.7 Å². The van der Waals surface area contributed by atoms with Gasteiger partial charge in [-0.05, 0) is 56.9 Å². The SMILES string of the molecule is Cc1nc2cnc3cc(F)c(-c4ccc(Oc5ncccn5)cc4Cl)cc3c2n1C1CCC(N)(CC#N)CC1. The Morgan fingerprint density at radius 2 is 1.90 bits per heavy atom. The summed E-state index contributed by atoms with van der Waals surface area (Å²) in [5, 5.41) is 10.3. The molecule has 39 heavy (non-hydrogen) atoms. The number of aromatic nitrogens is 5. The molecule has 2 N–H and O–H groups in total. The molecule has 3 heterocycles. The van der Waals surface area contributed by atoms with Crippen LogP contribution in [0.1, 0.15) is 44.0 Å². The minimum absolute atomic E-state index is 0.171. The van der Waals surface area contributed by atoms with Crippen LogP contribution in [0.15, 0.2) is 55.0 Å². The molecule has 0 atom stereocenters. The van der Waals surface area contributed by atoms with E-state index in [4.69, 9.17) is 27.1 Å². The number of hydrogen-bond donors (Lipinski definition) is 1. The Morgan fingerprint density at radius 3 is 2.62 bits per heavy atom. The first-order valence-electron chi connectivity index (χ1n) is 12.7. The smallest absolute Gasteiger partial charge is 0.321 e. The number of benzene rings is 2. The van der Waals surface area contributed by atoms with Crippen LogP contribution in [0.3, 0.4) is 0 Å². The highest BCUT2D eigenvalue weighted by Gasteiger charge is 2.33. The first-order valence-corrected chi connectivity index (χ1v) is 13.1. The second-order valence-corrected chi connectivity index (χ2v) is 10.5. The minimum Gasteiger partial charge on any atom is -0.424 e. The summed E-state index contributed by atoms with van der Waals surface area (Å²) in [6.07, 6.45) is 8.38. The zero-order valence-corrected chi connectivity index (χ0v) is 22.0. The summed E-state index contributed by atoms with van der Waals surface area (Å²) in [7, 11) is 0. The van der Waals surface area contributed by atoms with Crippen LogP contribution in [0.5, 0.6) is 11.8 Å². The van der Waals surface area contributed by atoms with E-state index in [0.29, 0.717) is 33.8 Å². The Hall–Kier alpha value is -4.13. The van der Waals surface area contributed by atoms with Crippen LogP contribution in [0.4, 0.5) is 4.39 Å². The van der Waals surface area contributed by atoms with E-state index in [2.05, 4.69) is 25.6 Å². The molecular formula is C29H25ClFN7O. The van der Waals surface area contributed by atoms with Crippen LogP contribution >= 0.6 is 11.6 Å². The van der Waals surface area contributed by atoms with Crippen LogP contribution in [-0.4, -0.2) is 30.0 Å². The molecule has 10 heteroatoms. The van der Waals surface area contributed by atoms with Gasteiger partial charge >= 0.3 is 6.01 Å². The van der Waals surface area contributed by atoms with Crippen molar-refractivity contribution in [2.45, 2.75) is 50.6 Å².